The molecule has 0 saturated heterocycles. The van der Waals surface area contributed by atoms with E-state index in [1.807, 2.05) is 52.9 Å². The van der Waals surface area contributed by atoms with Gasteiger partial charge in [-0.3, -0.25) is 13.8 Å². The van der Waals surface area contributed by atoms with Crippen LogP contribution in [0.2, 0.25) is 0 Å². The van der Waals surface area contributed by atoms with E-state index < -0.39 is 9.84 Å². The zero-order valence-corrected chi connectivity index (χ0v) is 17.5. The number of fused-ring (bicyclic) bond motifs is 3. The molecular formula is C20H20N4O3S2. The molecule has 0 saturated carbocycles. The third kappa shape index (κ3) is 3.92. The molecule has 2 aromatic carbocycles. The number of hydrogen-bond acceptors (Lipinski definition) is 6. The molecule has 9 heteroatoms. The normalized spacial score (nSPS) is 12.0. The van der Waals surface area contributed by atoms with Crippen molar-refractivity contribution in [2.24, 2.45) is 0 Å². The molecule has 4 rings (SSSR count). The number of sulfone groups is 1. The minimum atomic E-state index is -3.06. The van der Waals surface area contributed by atoms with Crippen molar-refractivity contribution in [2.75, 3.05) is 17.3 Å². The smallest absolute Gasteiger partial charge is 0.263 e. The first-order chi connectivity index (χ1) is 14.0. The van der Waals surface area contributed by atoms with Crippen molar-refractivity contribution < 1.29 is 8.42 Å². The van der Waals surface area contributed by atoms with E-state index >= 15 is 0 Å². The summed E-state index contributed by atoms with van der Waals surface area (Å²) in [5, 5.41) is 9.66. The number of thioether (sulfide) groups is 1. The Morgan fingerprint density at radius 3 is 2.48 bits per heavy atom. The third-order valence-corrected chi connectivity index (χ3v) is 7.62. The first kappa shape index (κ1) is 19.7. The summed E-state index contributed by atoms with van der Waals surface area (Å²) < 4.78 is 27.1. The van der Waals surface area contributed by atoms with Crippen LogP contribution in [0.1, 0.15) is 12.5 Å². The highest BCUT2D eigenvalue weighted by Gasteiger charge is 2.17. The summed E-state index contributed by atoms with van der Waals surface area (Å²) >= 11 is 1.33. The number of benzene rings is 2. The van der Waals surface area contributed by atoms with Gasteiger partial charge in [0.05, 0.1) is 23.2 Å². The van der Waals surface area contributed by atoms with Gasteiger partial charge in [-0.25, -0.2) is 8.42 Å². The van der Waals surface area contributed by atoms with E-state index in [9.17, 15) is 13.2 Å². The van der Waals surface area contributed by atoms with Gasteiger partial charge in [-0.05, 0) is 17.7 Å². The van der Waals surface area contributed by atoms with Crippen LogP contribution in [0.3, 0.4) is 0 Å². The number of hydrogen-bond donors (Lipinski definition) is 0. The van der Waals surface area contributed by atoms with Gasteiger partial charge in [-0.1, -0.05) is 61.2 Å². The highest BCUT2D eigenvalue weighted by molar-refractivity contribution is 8.00. The van der Waals surface area contributed by atoms with Crippen molar-refractivity contribution in [3.05, 3.63) is 70.5 Å². The Bertz CT molecular complexity index is 1330. The van der Waals surface area contributed by atoms with Gasteiger partial charge >= 0.3 is 0 Å². The van der Waals surface area contributed by atoms with Gasteiger partial charge in [0.15, 0.2) is 15.0 Å². The molecule has 0 amide bonds. The molecule has 0 aliphatic heterocycles. The van der Waals surface area contributed by atoms with Gasteiger partial charge in [0.1, 0.15) is 0 Å². The topological polar surface area (TPSA) is 86.3 Å². The van der Waals surface area contributed by atoms with Gasteiger partial charge in [0.2, 0.25) is 5.78 Å². The number of aromatic nitrogens is 4. The maximum Gasteiger partial charge on any atom is 0.263 e. The molecule has 0 fully saturated rings. The fourth-order valence-corrected chi connectivity index (χ4v) is 5.37. The summed E-state index contributed by atoms with van der Waals surface area (Å²) in [7, 11) is -3.06. The number of nitrogens with zero attached hydrogens (tertiary/aromatic N) is 4. The zero-order valence-electron chi connectivity index (χ0n) is 15.9. The lowest BCUT2D eigenvalue weighted by molar-refractivity contribution is 0.598. The minimum absolute atomic E-state index is 0.0741. The quantitative estimate of drug-likeness (QED) is 0.421. The molecule has 0 unspecified atom stereocenters. The fraction of sp³-hybridized carbons (Fsp3) is 0.250. The highest BCUT2D eigenvalue weighted by Crippen LogP contribution is 2.22. The maximum atomic E-state index is 13.1. The fourth-order valence-electron chi connectivity index (χ4n) is 3.14. The molecule has 7 nitrogen and oxygen atoms in total. The predicted octanol–water partition coefficient (Wildman–Crippen LogP) is 2.62. The Morgan fingerprint density at radius 1 is 1.00 bits per heavy atom. The third-order valence-electron chi connectivity index (χ3n) is 4.73. The number of para-hydroxylation sites is 1. The SMILES string of the molecule is CCS(=O)(=O)CCSc1nnc2n(Cc3ccccc3)c(=O)c3ccccc3n12. The van der Waals surface area contributed by atoms with Gasteiger partial charge in [0.25, 0.3) is 5.56 Å². The second-order valence-electron chi connectivity index (χ2n) is 6.60. The van der Waals surface area contributed by atoms with Crippen molar-refractivity contribution in [1.82, 2.24) is 19.2 Å². The van der Waals surface area contributed by atoms with Crippen molar-refractivity contribution in [2.45, 2.75) is 18.6 Å². The van der Waals surface area contributed by atoms with Crippen LogP contribution in [0.25, 0.3) is 16.7 Å². The van der Waals surface area contributed by atoms with E-state index in [1.165, 1.54) is 11.8 Å². The van der Waals surface area contributed by atoms with Crippen molar-refractivity contribution in [3.8, 4) is 0 Å². The predicted molar refractivity (Wildman–Crippen MR) is 115 cm³/mol. The Morgan fingerprint density at radius 2 is 1.72 bits per heavy atom. The highest BCUT2D eigenvalue weighted by atomic mass is 32.2. The van der Waals surface area contributed by atoms with Crippen molar-refractivity contribution >= 4 is 38.3 Å². The Labute approximate surface area is 172 Å². The van der Waals surface area contributed by atoms with Crippen LogP contribution in [-0.4, -0.2) is 44.8 Å². The summed E-state index contributed by atoms with van der Waals surface area (Å²) in [4.78, 5) is 13.1. The molecular weight excluding hydrogens is 408 g/mol. The second-order valence-corrected chi connectivity index (χ2v) is 10.1. The lowest BCUT2D eigenvalue weighted by Gasteiger charge is -2.11. The molecule has 29 heavy (non-hydrogen) atoms. The van der Waals surface area contributed by atoms with E-state index in [0.29, 0.717) is 34.1 Å². The molecule has 0 spiro atoms. The van der Waals surface area contributed by atoms with E-state index in [2.05, 4.69) is 10.2 Å². The summed E-state index contributed by atoms with van der Waals surface area (Å²) in [6, 6.07) is 17.0. The molecule has 0 radical (unpaired) electrons. The molecule has 4 aromatic rings. The summed E-state index contributed by atoms with van der Waals surface area (Å²) in [6.45, 7) is 2.02. The first-order valence-electron chi connectivity index (χ1n) is 9.24. The lowest BCUT2D eigenvalue weighted by atomic mass is 10.2. The molecule has 0 N–H and O–H groups in total. The van der Waals surface area contributed by atoms with Crippen LogP contribution in [0.4, 0.5) is 0 Å². The van der Waals surface area contributed by atoms with Crippen LogP contribution >= 0.6 is 11.8 Å². The largest absolute Gasteiger partial charge is 0.272 e. The Balaban J connectivity index is 1.83. The monoisotopic (exact) mass is 428 g/mol. The average Bonchev–Trinajstić information content (AvgIpc) is 3.16. The van der Waals surface area contributed by atoms with E-state index in [1.54, 1.807) is 17.6 Å². The zero-order chi connectivity index (χ0) is 20.4. The van der Waals surface area contributed by atoms with Gasteiger partial charge in [0, 0.05) is 11.5 Å². The molecule has 2 heterocycles. The average molecular weight is 429 g/mol. The summed E-state index contributed by atoms with van der Waals surface area (Å²) in [5.41, 5.74) is 1.56. The molecule has 0 aliphatic rings. The molecule has 2 aromatic heterocycles. The van der Waals surface area contributed by atoms with Crippen LogP contribution in [0.15, 0.2) is 64.5 Å². The van der Waals surface area contributed by atoms with Crippen LogP contribution in [0.5, 0.6) is 0 Å². The molecule has 0 bridgehead atoms. The summed E-state index contributed by atoms with van der Waals surface area (Å²) in [5.74, 6) is 1.01. The van der Waals surface area contributed by atoms with Gasteiger partial charge in [-0.15, -0.1) is 10.2 Å². The van der Waals surface area contributed by atoms with Crippen LogP contribution < -0.4 is 5.56 Å². The van der Waals surface area contributed by atoms with Crippen LogP contribution in [0, 0.1) is 0 Å². The van der Waals surface area contributed by atoms with E-state index in [0.717, 1.165) is 5.56 Å². The molecule has 0 atom stereocenters. The summed E-state index contributed by atoms with van der Waals surface area (Å²) in [6.07, 6.45) is 0. The second kappa shape index (κ2) is 8.00. The first-order valence-corrected chi connectivity index (χ1v) is 12.0. The number of rotatable bonds is 7. The molecule has 150 valence electrons. The standard InChI is InChI=1S/C20H20N4O3S2/c1-2-29(26,27)13-12-28-20-22-21-19-23(14-15-8-4-3-5-9-15)18(25)16-10-6-7-11-17(16)24(19)20/h3-11H,2,12-14H2,1H3. The van der Waals surface area contributed by atoms with E-state index in [4.69, 9.17) is 0 Å². The molecule has 0 aliphatic carbocycles. The van der Waals surface area contributed by atoms with Gasteiger partial charge in [-0.2, -0.15) is 0 Å². The Kier molecular flexibility index (Phi) is 5.42. The maximum absolute atomic E-state index is 13.1. The lowest BCUT2D eigenvalue weighted by Crippen LogP contribution is -2.24. The van der Waals surface area contributed by atoms with E-state index in [-0.39, 0.29) is 17.1 Å². The van der Waals surface area contributed by atoms with Crippen LogP contribution in [-0.2, 0) is 16.4 Å². The van der Waals surface area contributed by atoms with Gasteiger partial charge < -0.3 is 0 Å². The van der Waals surface area contributed by atoms with Crippen molar-refractivity contribution in [1.29, 1.82) is 0 Å². The Hall–Kier alpha value is -2.65. The minimum Gasteiger partial charge on any atom is -0.272 e. The van der Waals surface area contributed by atoms with Crippen molar-refractivity contribution in [3.63, 3.8) is 0 Å².